The summed E-state index contributed by atoms with van der Waals surface area (Å²) in [6, 6.07) is 10.3. The van der Waals surface area contributed by atoms with Crippen LogP contribution >= 0.6 is 0 Å². The van der Waals surface area contributed by atoms with Gasteiger partial charge in [0.2, 0.25) is 0 Å². The van der Waals surface area contributed by atoms with Crippen LogP contribution in [0.15, 0.2) is 59.8 Å². The molecule has 1 aliphatic rings. The van der Waals surface area contributed by atoms with E-state index < -0.39 is 63.3 Å². The van der Waals surface area contributed by atoms with E-state index in [2.05, 4.69) is 0 Å². The van der Waals surface area contributed by atoms with Crippen LogP contribution in [0.25, 0.3) is 0 Å². The van der Waals surface area contributed by atoms with E-state index in [1.807, 2.05) is 0 Å². The first-order valence-corrected chi connectivity index (χ1v) is 11.5. The number of methoxy groups -OCH3 is 5. The van der Waals surface area contributed by atoms with Gasteiger partial charge in [0, 0.05) is 23.7 Å². The number of hydrogen-bond donors (Lipinski definition) is 1. The van der Waals surface area contributed by atoms with Crippen molar-refractivity contribution in [1.82, 2.24) is 0 Å². The zero-order chi connectivity index (χ0) is 29.8. The highest BCUT2D eigenvalue weighted by molar-refractivity contribution is 6.09. The molecule has 0 saturated heterocycles. The van der Waals surface area contributed by atoms with Gasteiger partial charge in [-0.05, 0) is 29.8 Å². The summed E-state index contributed by atoms with van der Waals surface area (Å²) < 4.78 is 24.8. The number of esters is 4. The average molecular weight is 558 g/mol. The topological polar surface area (TPSA) is 181 Å². The summed E-state index contributed by atoms with van der Waals surface area (Å²) in [6.07, 6.45) is 0. The molecular formula is C26H26N2O12. The number of anilines is 1. The number of rotatable bonds is 8. The second-order valence-corrected chi connectivity index (χ2v) is 8.33. The number of carbonyl (C=O) groups excluding carboxylic acids is 4. The predicted molar refractivity (Wildman–Crippen MR) is 135 cm³/mol. The van der Waals surface area contributed by atoms with Crippen LogP contribution in [-0.2, 0) is 38.1 Å². The summed E-state index contributed by atoms with van der Waals surface area (Å²) in [4.78, 5) is 65.1. The van der Waals surface area contributed by atoms with Crippen LogP contribution in [0.2, 0.25) is 0 Å². The van der Waals surface area contributed by atoms with E-state index in [1.54, 1.807) is 0 Å². The van der Waals surface area contributed by atoms with Gasteiger partial charge in [-0.15, -0.1) is 0 Å². The number of aliphatic hydroxyl groups is 1. The monoisotopic (exact) mass is 558 g/mol. The molecule has 1 N–H and O–H groups in total. The van der Waals surface area contributed by atoms with E-state index in [9.17, 15) is 34.4 Å². The zero-order valence-electron chi connectivity index (χ0n) is 22.1. The van der Waals surface area contributed by atoms with Gasteiger partial charge in [0.1, 0.15) is 17.4 Å². The molecule has 2 aromatic rings. The van der Waals surface area contributed by atoms with Crippen molar-refractivity contribution in [1.29, 1.82) is 0 Å². The molecular weight excluding hydrogens is 532 g/mol. The van der Waals surface area contributed by atoms with E-state index in [0.29, 0.717) is 10.6 Å². The molecule has 14 nitrogen and oxygen atoms in total. The highest BCUT2D eigenvalue weighted by Gasteiger charge is 2.65. The molecule has 3 atom stereocenters. The molecule has 14 heteroatoms. The Labute approximate surface area is 227 Å². The predicted octanol–water partition coefficient (Wildman–Crippen LogP) is 1.46. The van der Waals surface area contributed by atoms with Crippen LogP contribution in [-0.4, -0.2) is 75.2 Å². The Morgan fingerprint density at radius 3 is 2.02 bits per heavy atom. The Balaban J connectivity index is 2.61. The normalized spacial score (nSPS) is 20.3. The van der Waals surface area contributed by atoms with Gasteiger partial charge < -0.3 is 28.8 Å². The average Bonchev–Trinajstić information content (AvgIpc) is 2.98. The molecule has 40 heavy (non-hydrogen) atoms. The number of nitro benzene ring substituents is 1. The van der Waals surface area contributed by atoms with Crippen molar-refractivity contribution < 1.29 is 52.9 Å². The van der Waals surface area contributed by atoms with E-state index in [1.165, 1.54) is 43.5 Å². The summed E-state index contributed by atoms with van der Waals surface area (Å²) in [5.74, 6) is -8.37. The van der Waals surface area contributed by atoms with Crippen LogP contribution < -0.4 is 9.64 Å². The van der Waals surface area contributed by atoms with Crippen molar-refractivity contribution in [2.24, 2.45) is 5.92 Å². The summed E-state index contributed by atoms with van der Waals surface area (Å²) in [6.45, 7) is 0. The highest BCUT2D eigenvalue weighted by atomic mass is 16.6. The lowest BCUT2D eigenvalue weighted by Gasteiger charge is -2.49. The van der Waals surface area contributed by atoms with Crippen molar-refractivity contribution in [2.45, 2.75) is 11.6 Å². The second-order valence-electron chi connectivity index (χ2n) is 8.33. The summed E-state index contributed by atoms with van der Waals surface area (Å²) >= 11 is 0. The van der Waals surface area contributed by atoms with Crippen molar-refractivity contribution >= 4 is 35.3 Å². The van der Waals surface area contributed by atoms with E-state index >= 15 is 0 Å². The molecule has 1 aliphatic heterocycles. The van der Waals surface area contributed by atoms with Crippen molar-refractivity contribution in [3.63, 3.8) is 0 Å². The summed E-state index contributed by atoms with van der Waals surface area (Å²) in [5.41, 5.74) is -4.90. The minimum atomic E-state index is -3.06. The van der Waals surface area contributed by atoms with Gasteiger partial charge in [-0.1, -0.05) is 12.1 Å². The smallest absolute Gasteiger partial charge is 0.360 e. The zero-order valence-corrected chi connectivity index (χ0v) is 22.1. The molecule has 0 saturated carbocycles. The Hall–Kier alpha value is -4.98. The number of non-ortho nitro benzene ring substituents is 1. The molecule has 0 aromatic heterocycles. The third-order valence-corrected chi connectivity index (χ3v) is 6.39. The third-order valence-electron chi connectivity index (χ3n) is 6.39. The SMILES string of the molecule is COC(=O)C1=C(C(=O)OC)N(c2ccc(OC)cc2)[C@@](O)(C(=O)OC)[C@H](C(=O)OC)C1c1cccc([N+](=O)[O-])c1. The van der Waals surface area contributed by atoms with Gasteiger partial charge in [-0.3, -0.25) is 19.8 Å². The molecule has 0 fully saturated rings. The van der Waals surface area contributed by atoms with Crippen LogP contribution in [0.1, 0.15) is 11.5 Å². The first-order valence-electron chi connectivity index (χ1n) is 11.5. The Bertz CT molecular complexity index is 1370. The van der Waals surface area contributed by atoms with Crippen molar-refractivity contribution in [3.8, 4) is 5.75 Å². The summed E-state index contributed by atoms with van der Waals surface area (Å²) in [7, 11) is 5.29. The highest BCUT2D eigenvalue weighted by Crippen LogP contribution is 2.51. The Morgan fingerprint density at radius 2 is 1.52 bits per heavy atom. The van der Waals surface area contributed by atoms with Gasteiger partial charge >= 0.3 is 23.9 Å². The Morgan fingerprint density at radius 1 is 0.900 bits per heavy atom. The van der Waals surface area contributed by atoms with Crippen LogP contribution in [0, 0.1) is 16.0 Å². The minimum absolute atomic E-state index is 0.0677. The molecule has 2 aromatic carbocycles. The van der Waals surface area contributed by atoms with Crippen LogP contribution in [0.4, 0.5) is 11.4 Å². The fourth-order valence-electron chi connectivity index (χ4n) is 4.65. The van der Waals surface area contributed by atoms with Gasteiger partial charge in [-0.2, -0.15) is 0 Å². The molecule has 212 valence electrons. The lowest BCUT2D eigenvalue weighted by molar-refractivity contribution is -0.384. The van der Waals surface area contributed by atoms with Crippen molar-refractivity contribution in [2.75, 3.05) is 40.4 Å². The van der Waals surface area contributed by atoms with Crippen molar-refractivity contribution in [3.05, 3.63) is 75.5 Å². The summed E-state index contributed by atoms with van der Waals surface area (Å²) in [5, 5.41) is 23.8. The number of hydrogen-bond acceptors (Lipinski definition) is 13. The maximum atomic E-state index is 13.4. The maximum Gasteiger partial charge on any atom is 0.360 e. The molecule has 0 bridgehead atoms. The molecule has 0 aliphatic carbocycles. The quantitative estimate of drug-likeness (QED) is 0.213. The molecule has 0 radical (unpaired) electrons. The fourth-order valence-corrected chi connectivity index (χ4v) is 4.65. The lowest BCUT2D eigenvalue weighted by atomic mass is 9.70. The number of carbonyl (C=O) groups is 4. The van der Waals surface area contributed by atoms with E-state index in [-0.39, 0.29) is 11.3 Å². The number of benzene rings is 2. The molecule has 0 spiro atoms. The maximum absolute atomic E-state index is 13.4. The second kappa shape index (κ2) is 11.8. The molecule has 1 heterocycles. The molecule has 0 amide bonds. The van der Waals surface area contributed by atoms with Gasteiger partial charge in [0.25, 0.3) is 11.4 Å². The molecule has 1 unspecified atom stereocenters. The van der Waals surface area contributed by atoms with Crippen LogP contribution in [0.5, 0.6) is 5.75 Å². The number of nitro groups is 1. The Kier molecular flexibility index (Phi) is 8.74. The largest absolute Gasteiger partial charge is 0.497 e. The van der Waals surface area contributed by atoms with E-state index in [4.69, 9.17) is 23.7 Å². The standard InChI is InChI=1S/C26H26N2O12/c1-36-17-11-9-15(10-12-17)27-21(24(31)39-4)19(22(29)37-2)18(14-7-6-8-16(13-14)28(34)35)20(23(30)38-3)26(27,33)25(32)40-5/h6-13,18,20,33H,1-5H3/t18?,20-,26-/m0/s1. The molecule has 3 rings (SSSR count). The van der Waals surface area contributed by atoms with Gasteiger partial charge in [-0.25, -0.2) is 14.4 Å². The minimum Gasteiger partial charge on any atom is -0.497 e. The van der Waals surface area contributed by atoms with E-state index in [0.717, 1.165) is 40.6 Å². The number of nitrogens with zero attached hydrogens (tertiary/aromatic N) is 2. The van der Waals surface area contributed by atoms with Gasteiger partial charge in [0.15, 0.2) is 0 Å². The lowest BCUT2D eigenvalue weighted by Crippen LogP contribution is -2.67. The van der Waals surface area contributed by atoms with Gasteiger partial charge in [0.05, 0.1) is 46.0 Å². The number of ether oxygens (including phenoxy) is 5. The first kappa shape index (κ1) is 29.6. The fraction of sp³-hybridized carbons (Fsp3) is 0.308. The third kappa shape index (κ3) is 4.91. The first-order chi connectivity index (χ1) is 19.0. The van der Waals surface area contributed by atoms with Crippen LogP contribution in [0.3, 0.4) is 0 Å².